The third-order valence-corrected chi connectivity index (χ3v) is 3.71. The number of carbonyl (C=O) groups excluding carboxylic acids is 1. The third kappa shape index (κ3) is 5.76. The first-order valence-corrected chi connectivity index (χ1v) is 7.82. The molecule has 0 unspecified atom stereocenters. The number of benzene rings is 1. The summed E-state index contributed by atoms with van der Waals surface area (Å²) >= 11 is 0. The van der Waals surface area contributed by atoms with Gasteiger partial charge in [-0.25, -0.2) is 0 Å². The number of hydrogen-bond donors (Lipinski definition) is 0. The Bertz CT molecular complexity index is 633. The van der Waals surface area contributed by atoms with Gasteiger partial charge in [-0.3, -0.25) is 4.79 Å². The lowest BCUT2D eigenvalue weighted by Crippen LogP contribution is -2.38. The van der Waals surface area contributed by atoms with E-state index in [1.54, 1.807) is 12.1 Å². The fraction of sp³-hybridized carbons (Fsp3) is 0.389. The summed E-state index contributed by atoms with van der Waals surface area (Å²) in [7, 11) is 0. The summed E-state index contributed by atoms with van der Waals surface area (Å²) in [5.74, 6) is -0.205. The molecule has 0 N–H and O–H groups in total. The minimum atomic E-state index is -4.44. The summed E-state index contributed by atoms with van der Waals surface area (Å²) in [5, 5.41) is 0. The SMILES string of the molecule is CCc1ccc(CCC(=O)N(Cc2ccco2)CC(F)(F)F)cc1. The van der Waals surface area contributed by atoms with Crippen molar-refractivity contribution < 1.29 is 22.4 Å². The Hall–Kier alpha value is -2.24. The molecule has 0 spiro atoms. The van der Waals surface area contributed by atoms with E-state index in [1.165, 1.54) is 11.8 Å². The van der Waals surface area contributed by atoms with E-state index in [2.05, 4.69) is 0 Å². The number of alkyl halides is 3. The summed E-state index contributed by atoms with van der Waals surface area (Å²) in [4.78, 5) is 13.0. The van der Waals surface area contributed by atoms with Crippen molar-refractivity contribution in [2.75, 3.05) is 6.54 Å². The van der Waals surface area contributed by atoms with Crippen molar-refractivity contribution in [3.8, 4) is 0 Å². The van der Waals surface area contributed by atoms with Crippen LogP contribution in [0.3, 0.4) is 0 Å². The molecule has 0 atom stereocenters. The Kier molecular flexibility index (Phi) is 6.06. The minimum Gasteiger partial charge on any atom is -0.467 e. The van der Waals surface area contributed by atoms with Gasteiger partial charge in [0.25, 0.3) is 0 Å². The summed E-state index contributed by atoms with van der Waals surface area (Å²) < 4.78 is 43.2. The second-order valence-corrected chi connectivity index (χ2v) is 5.61. The second kappa shape index (κ2) is 8.04. The second-order valence-electron chi connectivity index (χ2n) is 5.61. The molecule has 6 heteroatoms. The van der Waals surface area contributed by atoms with Gasteiger partial charge in [0.1, 0.15) is 12.3 Å². The lowest BCUT2D eigenvalue weighted by molar-refractivity contribution is -0.162. The molecule has 0 fully saturated rings. The number of halogens is 3. The maximum atomic E-state index is 12.7. The van der Waals surface area contributed by atoms with Gasteiger partial charge >= 0.3 is 6.18 Å². The Morgan fingerprint density at radius 3 is 2.33 bits per heavy atom. The summed E-state index contributed by atoms with van der Waals surface area (Å²) in [6.45, 7) is 0.587. The quantitative estimate of drug-likeness (QED) is 0.751. The summed E-state index contributed by atoms with van der Waals surface area (Å²) in [5.41, 5.74) is 2.12. The Balaban J connectivity index is 1.97. The fourth-order valence-corrected chi connectivity index (χ4v) is 2.39. The molecule has 0 saturated carbocycles. The number of carbonyl (C=O) groups is 1. The highest BCUT2D eigenvalue weighted by atomic mass is 19.4. The lowest BCUT2D eigenvalue weighted by Gasteiger charge is -2.23. The molecule has 0 radical (unpaired) electrons. The van der Waals surface area contributed by atoms with Crippen molar-refractivity contribution in [2.24, 2.45) is 0 Å². The van der Waals surface area contributed by atoms with Crippen LogP contribution in [-0.2, 0) is 24.2 Å². The van der Waals surface area contributed by atoms with E-state index in [1.807, 2.05) is 31.2 Å². The van der Waals surface area contributed by atoms with Crippen molar-refractivity contribution in [3.63, 3.8) is 0 Å². The van der Waals surface area contributed by atoms with Crippen molar-refractivity contribution in [3.05, 3.63) is 59.5 Å². The van der Waals surface area contributed by atoms with E-state index in [4.69, 9.17) is 4.42 Å². The van der Waals surface area contributed by atoms with Gasteiger partial charge in [-0.15, -0.1) is 0 Å². The molecule has 1 aromatic heterocycles. The van der Waals surface area contributed by atoms with E-state index in [0.717, 1.165) is 16.9 Å². The van der Waals surface area contributed by atoms with Crippen LogP contribution < -0.4 is 0 Å². The average molecular weight is 339 g/mol. The van der Waals surface area contributed by atoms with Crippen LogP contribution in [0.5, 0.6) is 0 Å². The van der Waals surface area contributed by atoms with Gasteiger partial charge in [-0.2, -0.15) is 13.2 Å². The van der Waals surface area contributed by atoms with Crippen LogP contribution in [-0.4, -0.2) is 23.5 Å². The first kappa shape index (κ1) is 18.1. The number of nitrogens with zero attached hydrogens (tertiary/aromatic N) is 1. The van der Waals surface area contributed by atoms with E-state index >= 15 is 0 Å². The van der Waals surface area contributed by atoms with E-state index in [-0.39, 0.29) is 13.0 Å². The molecule has 2 aromatic rings. The largest absolute Gasteiger partial charge is 0.467 e. The maximum absolute atomic E-state index is 12.7. The number of hydrogen-bond acceptors (Lipinski definition) is 2. The van der Waals surface area contributed by atoms with Crippen LogP contribution >= 0.6 is 0 Å². The highest BCUT2D eigenvalue weighted by Crippen LogP contribution is 2.19. The van der Waals surface area contributed by atoms with Crippen molar-refractivity contribution in [1.82, 2.24) is 4.90 Å². The molecule has 0 aliphatic carbocycles. The highest BCUT2D eigenvalue weighted by molar-refractivity contribution is 5.76. The van der Waals surface area contributed by atoms with E-state index < -0.39 is 18.6 Å². The van der Waals surface area contributed by atoms with Gasteiger partial charge in [0, 0.05) is 6.42 Å². The van der Waals surface area contributed by atoms with Crippen molar-refractivity contribution in [2.45, 2.75) is 38.9 Å². The number of rotatable bonds is 7. The molecule has 0 aliphatic heterocycles. The maximum Gasteiger partial charge on any atom is 0.406 e. The third-order valence-electron chi connectivity index (χ3n) is 3.71. The first-order chi connectivity index (χ1) is 11.4. The zero-order chi connectivity index (χ0) is 17.6. The highest BCUT2D eigenvalue weighted by Gasteiger charge is 2.33. The molecule has 24 heavy (non-hydrogen) atoms. The molecule has 0 bridgehead atoms. The lowest BCUT2D eigenvalue weighted by atomic mass is 10.1. The predicted molar refractivity (Wildman–Crippen MR) is 84.3 cm³/mol. The number of amides is 1. The van der Waals surface area contributed by atoms with Crippen molar-refractivity contribution in [1.29, 1.82) is 0 Å². The molecular formula is C18H20F3NO2. The molecule has 0 saturated heterocycles. The molecule has 130 valence electrons. The number of furan rings is 1. The molecule has 2 rings (SSSR count). The van der Waals surface area contributed by atoms with Gasteiger partial charge in [0.15, 0.2) is 0 Å². The summed E-state index contributed by atoms with van der Waals surface area (Å²) in [6, 6.07) is 10.9. The molecule has 0 aliphatic rings. The molecule has 1 aromatic carbocycles. The van der Waals surface area contributed by atoms with Crippen LogP contribution in [0.25, 0.3) is 0 Å². The Morgan fingerprint density at radius 2 is 1.79 bits per heavy atom. The smallest absolute Gasteiger partial charge is 0.406 e. The zero-order valence-electron chi connectivity index (χ0n) is 13.5. The molecule has 1 heterocycles. The normalized spacial score (nSPS) is 11.5. The monoisotopic (exact) mass is 339 g/mol. The number of aryl methyl sites for hydroxylation is 2. The van der Waals surface area contributed by atoms with Crippen molar-refractivity contribution >= 4 is 5.91 Å². The Morgan fingerprint density at radius 1 is 1.12 bits per heavy atom. The van der Waals surface area contributed by atoms with Crippen LogP contribution in [0, 0.1) is 0 Å². The minimum absolute atomic E-state index is 0.0300. The van der Waals surface area contributed by atoms with Gasteiger partial charge in [0.2, 0.25) is 5.91 Å². The fourth-order valence-electron chi connectivity index (χ4n) is 2.39. The van der Waals surface area contributed by atoms with Crippen LogP contribution in [0.15, 0.2) is 47.1 Å². The van der Waals surface area contributed by atoms with E-state index in [0.29, 0.717) is 12.2 Å². The zero-order valence-corrected chi connectivity index (χ0v) is 13.5. The molecule has 1 amide bonds. The average Bonchev–Trinajstić information content (AvgIpc) is 3.04. The van der Waals surface area contributed by atoms with Gasteiger partial charge in [0.05, 0.1) is 12.8 Å². The van der Waals surface area contributed by atoms with Crippen LogP contribution in [0.2, 0.25) is 0 Å². The van der Waals surface area contributed by atoms with E-state index in [9.17, 15) is 18.0 Å². The molecule has 3 nitrogen and oxygen atoms in total. The van der Waals surface area contributed by atoms with Gasteiger partial charge in [-0.1, -0.05) is 31.2 Å². The first-order valence-electron chi connectivity index (χ1n) is 7.82. The summed E-state index contributed by atoms with van der Waals surface area (Å²) in [6.07, 6.45) is -1.70. The van der Waals surface area contributed by atoms with Gasteiger partial charge < -0.3 is 9.32 Å². The topological polar surface area (TPSA) is 33.5 Å². The molecular weight excluding hydrogens is 319 g/mol. The van der Waals surface area contributed by atoms with Crippen LogP contribution in [0.4, 0.5) is 13.2 Å². The predicted octanol–water partition coefficient (Wildman–Crippen LogP) is 4.37. The standard InChI is InChI=1S/C18H20F3NO2/c1-2-14-5-7-15(8-6-14)9-10-17(23)22(13-18(19,20)21)12-16-4-3-11-24-16/h3-8,11H,2,9-10,12-13H2,1H3. The van der Waals surface area contributed by atoms with Crippen LogP contribution in [0.1, 0.15) is 30.2 Å². The van der Waals surface area contributed by atoms with Gasteiger partial charge in [-0.05, 0) is 36.1 Å². The Labute approximate surface area is 139 Å².